The standard InChI is InChI=1S/C8H15N3O/c1-3-8(12)10-4-6-11(9-2)7-5-10/h3,9H,1,4-7H2,2H3. The van der Waals surface area contributed by atoms with Gasteiger partial charge < -0.3 is 4.90 Å². The number of amides is 1. The second-order valence-electron chi connectivity index (χ2n) is 2.74. The Balaban J connectivity index is 2.35. The number of hydrogen-bond donors (Lipinski definition) is 1. The number of hydrogen-bond acceptors (Lipinski definition) is 3. The molecular weight excluding hydrogens is 154 g/mol. The molecule has 1 fully saturated rings. The highest BCUT2D eigenvalue weighted by atomic mass is 16.2. The quantitative estimate of drug-likeness (QED) is 0.563. The van der Waals surface area contributed by atoms with E-state index in [0.717, 1.165) is 26.2 Å². The molecule has 1 N–H and O–H groups in total. The molecule has 4 nitrogen and oxygen atoms in total. The first kappa shape index (κ1) is 9.22. The molecule has 0 aliphatic carbocycles. The zero-order chi connectivity index (χ0) is 8.97. The van der Waals surface area contributed by atoms with E-state index in [1.165, 1.54) is 6.08 Å². The second kappa shape index (κ2) is 4.23. The van der Waals surface area contributed by atoms with Crippen LogP contribution >= 0.6 is 0 Å². The third-order valence-corrected chi connectivity index (χ3v) is 2.08. The van der Waals surface area contributed by atoms with Crippen LogP contribution in [0.2, 0.25) is 0 Å². The van der Waals surface area contributed by atoms with Gasteiger partial charge in [-0.3, -0.25) is 10.2 Å². The average Bonchev–Trinajstić information content (AvgIpc) is 2.17. The molecule has 0 aromatic heterocycles. The van der Waals surface area contributed by atoms with Crippen LogP contribution in [0.25, 0.3) is 0 Å². The topological polar surface area (TPSA) is 35.6 Å². The van der Waals surface area contributed by atoms with E-state index in [1.54, 1.807) is 4.90 Å². The predicted octanol–water partition coefficient (Wildman–Crippen LogP) is -0.549. The summed E-state index contributed by atoms with van der Waals surface area (Å²) < 4.78 is 0. The van der Waals surface area contributed by atoms with Gasteiger partial charge in [-0.1, -0.05) is 6.58 Å². The van der Waals surface area contributed by atoms with Crippen molar-refractivity contribution in [2.75, 3.05) is 33.2 Å². The van der Waals surface area contributed by atoms with Crippen molar-refractivity contribution in [3.05, 3.63) is 12.7 Å². The summed E-state index contributed by atoms with van der Waals surface area (Å²) >= 11 is 0. The molecule has 0 saturated carbocycles. The summed E-state index contributed by atoms with van der Waals surface area (Å²) in [6.45, 7) is 6.79. The summed E-state index contributed by atoms with van der Waals surface area (Å²) in [6.07, 6.45) is 1.37. The van der Waals surface area contributed by atoms with Gasteiger partial charge in [0.05, 0.1) is 0 Å². The van der Waals surface area contributed by atoms with Crippen LogP contribution in [0.5, 0.6) is 0 Å². The number of piperazine rings is 1. The molecule has 4 heteroatoms. The lowest BCUT2D eigenvalue weighted by molar-refractivity contribution is -0.128. The van der Waals surface area contributed by atoms with Crippen molar-refractivity contribution in [1.82, 2.24) is 15.3 Å². The Morgan fingerprint density at radius 1 is 1.42 bits per heavy atom. The Labute approximate surface area is 72.8 Å². The molecule has 68 valence electrons. The second-order valence-corrected chi connectivity index (χ2v) is 2.74. The number of rotatable bonds is 2. The Hall–Kier alpha value is -0.870. The molecule has 1 saturated heterocycles. The van der Waals surface area contributed by atoms with Crippen molar-refractivity contribution < 1.29 is 4.79 Å². The van der Waals surface area contributed by atoms with Crippen LogP contribution in [0, 0.1) is 0 Å². The molecule has 0 atom stereocenters. The van der Waals surface area contributed by atoms with E-state index in [0.29, 0.717) is 0 Å². The van der Waals surface area contributed by atoms with Crippen LogP contribution in [0.4, 0.5) is 0 Å². The minimum absolute atomic E-state index is 0.0331. The maximum absolute atomic E-state index is 11.1. The predicted molar refractivity (Wildman–Crippen MR) is 47.4 cm³/mol. The van der Waals surface area contributed by atoms with Crippen LogP contribution < -0.4 is 5.43 Å². The smallest absolute Gasteiger partial charge is 0.246 e. The van der Waals surface area contributed by atoms with Crippen molar-refractivity contribution in [2.45, 2.75) is 0 Å². The van der Waals surface area contributed by atoms with Crippen molar-refractivity contribution in [3.63, 3.8) is 0 Å². The zero-order valence-corrected chi connectivity index (χ0v) is 7.42. The van der Waals surface area contributed by atoms with E-state index in [-0.39, 0.29) is 5.91 Å². The van der Waals surface area contributed by atoms with Crippen molar-refractivity contribution >= 4 is 5.91 Å². The Kier molecular flexibility index (Phi) is 3.25. The molecule has 1 heterocycles. The first-order chi connectivity index (χ1) is 5.77. The minimum Gasteiger partial charge on any atom is -0.336 e. The molecule has 1 aliphatic rings. The molecule has 0 bridgehead atoms. The van der Waals surface area contributed by atoms with Crippen molar-refractivity contribution in [2.24, 2.45) is 0 Å². The molecule has 0 aromatic carbocycles. The molecule has 1 rings (SSSR count). The average molecular weight is 169 g/mol. The number of carbonyl (C=O) groups excluding carboxylic acids is 1. The van der Waals surface area contributed by atoms with Crippen LogP contribution in [0.3, 0.4) is 0 Å². The molecule has 0 radical (unpaired) electrons. The van der Waals surface area contributed by atoms with Gasteiger partial charge in [-0.25, -0.2) is 5.01 Å². The molecule has 0 aromatic rings. The summed E-state index contributed by atoms with van der Waals surface area (Å²) in [6, 6.07) is 0. The minimum atomic E-state index is 0.0331. The highest BCUT2D eigenvalue weighted by molar-refractivity contribution is 5.87. The van der Waals surface area contributed by atoms with Gasteiger partial charge in [0.25, 0.3) is 0 Å². The normalized spacial score (nSPS) is 19.2. The summed E-state index contributed by atoms with van der Waals surface area (Å²) in [7, 11) is 1.89. The number of hydrazine groups is 1. The Morgan fingerprint density at radius 3 is 2.42 bits per heavy atom. The number of carbonyl (C=O) groups is 1. The van der Waals surface area contributed by atoms with E-state index in [1.807, 2.05) is 7.05 Å². The molecule has 12 heavy (non-hydrogen) atoms. The largest absolute Gasteiger partial charge is 0.336 e. The molecule has 1 amide bonds. The zero-order valence-electron chi connectivity index (χ0n) is 7.42. The molecular formula is C8H15N3O. The van der Waals surface area contributed by atoms with Crippen LogP contribution in [-0.2, 0) is 4.79 Å². The van der Waals surface area contributed by atoms with E-state index in [4.69, 9.17) is 0 Å². The van der Waals surface area contributed by atoms with Gasteiger partial charge in [-0.2, -0.15) is 0 Å². The highest BCUT2D eigenvalue weighted by Gasteiger charge is 2.17. The SMILES string of the molecule is C=CC(=O)N1CCN(NC)CC1. The third kappa shape index (κ3) is 2.06. The van der Waals surface area contributed by atoms with Gasteiger partial charge in [0.15, 0.2) is 0 Å². The molecule has 0 unspecified atom stereocenters. The van der Waals surface area contributed by atoms with Crippen LogP contribution in [0.1, 0.15) is 0 Å². The Morgan fingerprint density at radius 2 is 2.00 bits per heavy atom. The van der Waals surface area contributed by atoms with E-state index >= 15 is 0 Å². The number of nitrogens with zero attached hydrogens (tertiary/aromatic N) is 2. The van der Waals surface area contributed by atoms with Crippen LogP contribution in [-0.4, -0.2) is 49.0 Å². The van der Waals surface area contributed by atoms with E-state index in [2.05, 4.69) is 17.0 Å². The summed E-state index contributed by atoms with van der Waals surface area (Å²) in [5, 5.41) is 2.09. The molecule has 1 aliphatic heterocycles. The fourth-order valence-electron chi connectivity index (χ4n) is 1.28. The van der Waals surface area contributed by atoms with Gasteiger partial charge in [-0.15, -0.1) is 0 Å². The first-order valence-electron chi connectivity index (χ1n) is 4.11. The summed E-state index contributed by atoms with van der Waals surface area (Å²) in [4.78, 5) is 12.9. The maximum atomic E-state index is 11.1. The van der Waals surface area contributed by atoms with E-state index in [9.17, 15) is 4.79 Å². The lowest BCUT2D eigenvalue weighted by Crippen LogP contribution is -2.52. The summed E-state index contributed by atoms with van der Waals surface area (Å²) in [5.74, 6) is 0.0331. The van der Waals surface area contributed by atoms with Gasteiger partial charge in [0.2, 0.25) is 5.91 Å². The summed E-state index contributed by atoms with van der Waals surface area (Å²) in [5.41, 5.74) is 3.05. The fourth-order valence-corrected chi connectivity index (χ4v) is 1.28. The lowest BCUT2D eigenvalue weighted by atomic mass is 10.3. The third-order valence-electron chi connectivity index (χ3n) is 2.08. The highest BCUT2D eigenvalue weighted by Crippen LogP contribution is 1.99. The van der Waals surface area contributed by atoms with Crippen LogP contribution in [0.15, 0.2) is 12.7 Å². The fraction of sp³-hybridized carbons (Fsp3) is 0.625. The van der Waals surface area contributed by atoms with E-state index < -0.39 is 0 Å². The van der Waals surface area contributed by atoms with Gasteiger partial charge in [0, 0.05) is 26.2 Å². The van der Waals surface area contributed by atoms with Gasteiger partial charge in [-0.05, 0) is 13.1 Å². The molecule has 0 spiro atoms. The monoisotopic (exact) mass is 169 g/mol. The van der Waals surface area contributed by atoms with Crippen molar-refractivity contribution in [3.8, 4) is 0 Å². The van der Waals surface area contributed by atoms with Gasteiger partial charge in [0.1, 0.15) is 0 Å². The van der Waals surface area contributed by atoms with Gasteiger partial charge >= 0.3 is 0 Å². The lowest BCUT2D eigenvalue weighted by Gasteiger charge is -2.33. The number of nitrogens with one attached hydrogen (secondary N) is 1. The maximum Gasteiger partial charge on any atom is 0.246 e. The first-order valence-corrected chi connectivity index (χ1v) is 4.11. The Bertz CT molecular complexity index is 173. The van der Waals surface area contributed by atoms with Crippen molar-refractivity contribution in [1.29, 1.82) is 0 Å².